The fourth-order valence-corrected chi connectivity index (χ4v) is 5.79. The highest BCUT2D eigenvalue weighted by Gasteiger charge is 2.29. The Morgan fingerprint density at radius 1 is 1.06 bits per heavy atom. The van der Waals surface area contributed by atoms with E-state index in [9.17, 15) is 18.0 Å². The molecule has 7 nitrogen and oxygen atoms in total. The van der Waals surface area contributed by atoms with Crippen LogP contribution in [-0.2, 0) is 32.5 Å². The van der Waals surface area contributed by atoms with Crippen LogP contribution in [0.3, 0.4) is 0 Å². The van der Waals surface area contributed by atoms with Crippen LogP contribution in [0.2, 0.25) is 0 Å². The van der Waals surface area contributed by atoms with Crippen molar-refractivity contribution in [1.29, 1.82) is 0 Å². The highest BCUT2D eigenvalue weighted by molar-refractivity contribution is 7.89. The summed E-state index contributed by atoms with van der Waals surface area (Å²) in [6, 6.07) is 13.6. The second-order valence-electron chi connectivity index (χ2n) is 8.55. The number of likely N-dealkylation sites (tertiary alicyclic amines) is 1. The molecule has 8 heteroatoms. The molecule has 2 aromatic carbocycles. The SMILES string of the molecule is CC1CCCN(C(=O)COC(=O)c2cccc(S(=O)(=O)N3CCc4ccccc4C3)c2)C1. The van der Waals surface area contributed by atoms with E-state index in [1.807, 2.05) is 24.3 Å². The van der Waals surface area contributed by atoms with Crippen LogP contribution in [0.4, 0.5) is 0 Å². The number of hydrogen-bond acceptors (Lipinski definition) is 5. The van der Waals surface area contributed by atoms with Gasteiger partial charge in [0.2, 0.25) is 10.0 Å². The van der Waals surface area contributed by atoms with E-state index in [2.05, 4.69) is 6.92 Å². The molecule has 2 aromatic rings. The van der Waals surface area contributed by atoms with E-state index in [4.69, 9.17) is 4.74 Å². The normalized spacial score (nSPS) is 19.3. The number of esters is 1. The molecule has 0 N–H and O–H groups in total. The summed E-state index contributed by atoms with van der Waals surface area (Å²) in [4.78, 5) is 26.6. The van der Waals surface area contributed by atoms with E-state index in [1.165, 1.54) is 28.6 Å². The van der Waals surface area contributed by atoms with Gasteiger partial charge in [-0.3, -0.25) is 4.79 Å². The van der Waals surface area contributed by atoms with Gasteiger partial charge in [0.15, 0.2) is 6.61 Å². The number of rotatable bonds is 5. The number of piperidine rings is 1. The molecule has 1 amide bonds. The first-order valence-corrected chi connectivity index (χ1v) is 12.4. The van der Waals surface area contributed by atoms with Gasteiger partial charge in [-0.15, -0.1) is 0 Å². The molecule has 0 bridgehead atoms. The minimum Gasteiger partial charge on any atom is -0.452 e. The quantitative estimate of drug-likeness (QED) is 0.646. The van der Waals surface area contributed by atoms with E-state index in [1.54, 1.807) is 4.90 Å². The molecule has 2 heterocycles. The van der Waals surface area contributed by atoms with E-state index in [0.29, 0.717) is 38.5 Å². The number of ether oxygens (including phenoxy) is 1. The number of nitrogens with zero attached hydrogens (tertiary/aromatic N) is 2. The molecule has 2 aliphatic heterocycles. The van der Waals surface area contributed by atoms with Crippen molar-refractivity contribution in [3.63, 3.8) is 0 Å². The summed E-state index contributed by atoms with van der Waals surface area (Å²) in [5.41, 5.74) is 2.26. The van der Waals surface area contributed by atoms with Gasteiger partial charge in [0, 0.05) is 26.2 Å². The number of fused-ring (bicyclic) bond motifs is 1. The highest BCUT2D eigenvalue weighted by atomic mass is 32.2. The molecule has 1 saturated heterocycles. The predicted molar refractivity (Wildman–Crippen MR) is 119 cm³/mol. The Bertz CT molecular complexity index is 1110. The number of carbonyl (C=O) groups excluding carboxylic acids is 2. The number of hydrogen-bond donors (Lipinski definition) is 0. The average molecular weight is 457 g/mol. The van der Waals surface area contributed by atoms with Crippen molar-refractivity contribution in [2.45, 2.75) is 37.6 Å². The Hall–Kier alpha value is -2.71. The average Bonchev–Trinajstić information content (AvgIpc) is 2.82. The Morgan fingerprint density at radius 3 is 2.62 bits per heavy atom. The molecule has 4 rings (SSSR count). The van der Waals surface area contributed by atoms with E-state index >= 15 is 0 Å². The molecule has 0 saturated carbocycles. The van der Waals surface area contributed by atoms with Gasteiger partial charge in [-0.25, -0.2) is 13.2 Å². The zero-order valence-electron chi connectivity index (χ0n) is 18.2. The Morgan fingerprint density at radius 2 is 1.84 bits per heavy atom. The maximum absolute atomic E-state index is 13.2. The first-order valence-electron chi connectivity index (χ1n) is 11.0. The molecular formula is C24H28N2O5S. The minimum absolute atomic E-state index is 0.0440. The summed E-state index contributed by atoms with van der Waals surface area (Å²) in [6.45, 7) is 3.78. The van der Waals surface area contributed by atoms with Crippen molar-refractivity contribution < 1.29 is 22.7 Å². The van der Waals surface area contributed by atoms with Crippen LogP contribution in [-0.4, -0.2) is 55.7 Å². The lowest BCUT2D eigenvalue weighted by Crippen LogP contribution is -2.41. The third-order valence-electron chi connectivity index (χ3n) is 6.14. The molecule has 0 spiro atoms. The summed E-state index contributed by atoms with van der Waals surface area (Å²) in [5.74, 6) is -0.489. The van der Waals surface area contributed by atoms with Crippen LogP contribution in [0.15, 0.2) is 53.4 Å². The lowest BCUT2D eigenvalue weighted by atomic mass is 10.0. The number of amides is 1. The van der Waals surface area contributed by atoms with Gasteiger partial charge in [0.1, 0.15) is 0 Å². The van der Waals surface area contributed by atoms with Crippen molar-refractivity contribution >= 4 is 21.9 Å². The van der Waals surface area contributed by atoms with Crippen molar-refractivity contribution in [3.05, 3.63) is 65.2 Å². The Balaban J connectivity index is 1.42. The van der Waals surface area contributed by atoms with Gasteiger partial charge in [-0.05, 0) is 54.5 Å². The molecule has 32 heavy (non-hydrogen) atoms. The predicted octanol–water partition coefficient (Wildman–Crippen LogP) is 2.85. The Kier molecular flexibility index (Phi) is 6.62. The summed E-state index contributed by atoms with van der Waals surface area (Å²) < 4.78 is 33.0. The fourth-order valence-electron chi connectivity index (χ4n) is 4.33. The van der Waals surface area contributed by atoms with Crippen LogP contribution in [0.25, 0.3) is 0 Å². The maximum Gasteiger partial charge on any atom is 0.338 e. The van der Waals surface area contributed by atoms with Crippen LogP contribution >= 0.6 is 0 Å². The second-order valence-corrected chi connectivity index (χ2v) is 10.5. The zero-order chi connectivity index (χ0) is 22.7. The maximum atomic E-state index is 13.2. The van der Waals surface area contributed by atoms with Gasteiger partial charge in [0.25, 0.3) is 5.91 Å². The molecule has 1 atom stereocenters. The van der Waals surface area contributed by atoms with Gasteiger partial charge in [-0.2, -0.15) is 4.31 Å². The third kappa shape index (κ3) is 4.86. The van der Waals surface area contributed by atoms with Crippen LogP contribution < -0.4 is 0 Å². The van der Waals surface area contributed by atoms with Gasteiger partial charge in [-0.1, -0.05) is 37.3 Å². The molecule has 170 valence electrons. The molecule has 0 radical (unpaired) electrons. The molecule has 0 aromatic heterocycles. The van der Waals surface area contributed by atoms with Crippen LogP contribution in [0.5, 0.6) is 0 Å². The van der Waals surface area contributed by atoms with E-state index in [0.717, 1.165) is 24.0 Å². The Labute approximate surface area is 189 Å². The summed E-state index contributed by atoms with van der Waals surface area (Å²) in [6.07, 6.45) is 2.68. The third-order valence-corrected chi connectivity index (χ3v) is 7.98. The topological polar surface area (TPSA) is 84.0 Å². The van der Waals surface area contributed by atoms with Gasteiger partial charge in [0.05, 0.1) is 10.5 Å². The van der Waals surface area contributed by atoms with Crippen molar-refractivity contribution in [2.24, 2.45) is 5.92 Å². The largest absolute Gasteiger partial charge is 0.452 e. The fraction of sp³-hybridized carbons (Fsp3) is 0.417. The highest BCUT2D eigenvalue weighted by Crippen LogP contribution is 2.25. The number of carbonyl (C=O) groups is 2. The standard InChI is InChI=1S/C24H28N2O5S/c1-18-6-5-12-25(15-18)23(27)17-31-24(28)20-9-4-10-22(14-20)32(29,30)26-13-11-19-7-2-3-8-21(19)16-26/h2-4,7-10,14,18H,5-6,11-13,15-17H2,1H3. The van der Waals surface area contributed by atoms with Crippen LogP contribution in [0, 0.1) is 5.92 Å². The lowest BCUT2D eigenvalue weighted by Gasteiger charge is -2.30. The van der Waals surface area contributed by atoms with Crippen molar-refractivity contribution in [3.8, 4) is 0 Å². The summed E-state index contributed by atoms with van der Waals surface area (Å²) >= 11 is 0. The van der Waals surface area contributed by atoms with Crippen LogP contribution in [0.1, 0.15) is 41.3 Å². The molecule has 0 aliphatic carbocycles. The zero-order valence-corrected chi connectivity index (χ0v) is 19.0. The monoisotopic (exact) mass is 456 g/mol. The van der Waals surface area contributed by atoms with Gasteiger partial charge >= 0.3 is 5.97 Å². The molecule has 1 fully saturated rings. The molecule has 1 unspecified atom stereocenters. The minimum atomic E-state index is -3.76. The summed E-state index contributed by atoms with van der Waals surface area (Å²) in [5, 5.41) is 0. The molecular weight excluding hydrogens is 428 g/mol. The lowest BCUT2D eigenvalue weighted by molar-refractivity contribution is -0.136. The van der Waals surface area contributed by atoms with E-state index in [-0.39, 0.29) is 23.0 Å². The van der Waals surface area contributed by atoms with Crippen molar-refractivity contribution in [1.82, 2.24) is 9.21 Å². The number of sulfonamides is 1. The second kappa shape index (κ2) is 9.42. The summed E-state index contributed by atoms with van der Waals surface area (Å²) in [7, 11) is -3.76. The first-order chi connectivity index (χ1) is 15.3. The smallest absolute Gasteiger partial charge is 0.338 e. The molecule has 2 aliphatic rings. The van der Waals surface area contributed by atoms with Gasteiger partial charge < -0.3 is 9.64 Å². The van der Waals surface area contributed by atoms with E-state index < -0.39 is 16.0 Å². The number of benzene rings is 2. The van der Waals surface area contributed by atoms with Crippen molar-refractivity contribution in [2.75, 3.05) is 26.2 Å². The first kappa shape index (κ1) is 22.5.